The van der Waals surface area contributed by atoms with Crippen LogP contribution >= 0.6 is 11.6 Å². The molecule has 0 amide bonds. The highest BCUT2D eigenvalue weighted by atomic mass is 35.5. The lowest BCUT2D eigenvalue weighted by Gasteiger charge is -2.27. The van der Waals surface area contributed by atoms with Gasteiger partial charge in [-0.15, -0.1) is 0 Å². The SMILES string of the molecule is Cc1cc(N(NCCO)c2ccc(O)cc2Cl)ccc1O. The summed E-state index contributed by atoms with van der Waals surface area (Å²) in [4.78, 5) is 0. The third-order valence-electron chi connectivity index (χ3n) is 2.99. The zero-order valence-electron chi connectivity index (χ0n) is 11.5. The van der Waals surface area contributed by atoms with Crippen molar-refractivity contribution in [3.63, 3.8) is 0 Å². The summed E-state index contributed by atoms with van der Waals surface area (Å²) >= 11 is 6.17. The van der Waals surface area contributed by atoms with E-state index in [4.69, 9.17) is 16.7 Å². The predicted molar refractivity (Wildman–Crippen MR) is 83.2 cm³/mol. The molecule has 21 heavy (non-hydrogen) atoms. The van der Waals surface area contributed by atoms with E-state index >= 15 is 0 Å². The average Bonchev–Trinajstić information content (AvgIpc) is 2.44. The molecule has 5 nitrogen and oxygen atoms in total. The Kier molecular flexibility index (Phi) is 4.90. The van der Waals surface area contributed by atoms with Crippen LogP contribution in [0, 0.1) is 6.92 Å². The molecule has 2 aromatic carbocycles. The summed E-state index contributed by atoms with van der Waals surface area (Å²) < 4.78 is 0. The number of aliphatic hydroxyl groups is 1. The van der Waals surface area contributed by atoms with Crippen LogP contribution in [-0.2, 0) is 0 Å². The first kappa shape index (κ1) is 15.4. The fourth-order valence-corrected chi connectivity index (χ4v) is 2.19. The average molecular weight is 309 g/mol. The molecule has 6 heteroatoms. The second-order valence-corrected chi connectivity index (χ2v) is 4.98. The van der Waals surface area contributed by atoms with Crippen molar-refractivity contribution in [3.8, 4) is 11.5 Å². The zero-order valence-corrected chi connectivity index (χ0v) is 12.3. The highest BCUT2D eigenvalue weighted by molar-refractivity contribution is 6.33. The summed E-state index contributed by atoms with van der Waals surface area (Å²) in [6, 6.07) is 9.76. The minimum Gasteiger partial charge on any atom is -0.508 e. The normalized spacial score (nSPS) is 10.6. The molecule has 0 bridgehead atoms. The van der Waals surface area contributed by atoms with Crippen molar-refractivity contribution in [2.45, 2.75) is 6.92 Å². The third kappa shape index (κ3) is 3.58. The Balaban J connectivity index is 2.44. The number of hydrogen-bond acceptors (Lipinski definition) is 5. The maximum Gasteiger partial charge on any atom is 0.118 e. The van der Waals surface area contributed by atoms with Crippen molar-refractivity contribution in [2.75, 3.05) is 18.2 Å². The van der Waals surface area contributed by atoms with Crippen molar-refractivity contribution in [3.05, 3.63) is 47.0 Å². The van der Waals surface area contributed by atoms with Gasteiger partial charge in [0.2, 0.25) is 0 Å². The quantitative estimate of drug-likeness (QED) is 0.639. The van der Waals surface area contributed by atoms with Crippen LogP contribution in [0.4, 0.5) is 11.4 Å². The van der Waals surface area contributed by atoms with Gasteiger partial charge in [0.1, 0.15) is 11.5 Å². The van der Waals surface area contributed by atoms with Gasteiger partial charge < -0.3 is 15.3 Å². The number of aryl methyl sites for hydroxylation is 1. The predicted octanol–water partition coefficient (Wildman–Crippen LogP) is 2.69. The molecule has 0 aliphatic heterocycles. The third-order valence-corrected chi connectivity index (χ3v) is 3.30. The molecule has 0 spiro atoms. The highest BCUT2D eigenvalue weighted by Crippen LogP contribution is 2.34. The Morgan fingerprint density at radius 1 is 1.14 bits per heavy atom. The van der Waals surface area contributed by atoms with Crippen LogP contribution in [0.3, 0.4) is 0 Å². The monoisotopic (exact) mass is 308 g/mol. The largest absolute Gasteiger partial charge is 0.508 e. The maximum absolute atomic E-state index is 9.63. The lowest BCUT2D eigenvalue weighted by Crippen LogP contribution is -2.36. The maximum atomic E-state index is 9.63. The number of phenolic OH excluding ortho intramolecular Hbond substituents is 2. The number of anilines is 2. The number of nitrogens with zero attached hydrogens (tertiary/aromatic N) is 1. The molecule has 0 aliphatic rings. The second kappa shape index (κ2) is 6.67. The lowest BCUT2D eigenvalue weighted by atomic mass is 10.2. The first-order valence-electron chi connectivity index (χ1n) is 6.45. The topological polar surface area (TPSA) is 76.0 Å². The van der Waals surface area contributed by atoms with Crippen molar-refractivity contribution in [1.82, 2.24) is 5.43 Å². The van der Waals surface area contributed by atoms with Gasteiger partial charge in [0.15, 0.2) is 0 Å². The van der Waals surface area contributed by atoms with Crippen LogP contribution in [0.1, 0.15) is 5.56 Å². The number of aromatic hydroxyl groups is 2. The molecular weight excluding hydrogens is 292 g/mol. The molecule has 0 aromatic heterocycles. The summed E-state index contributed by atoms with van der Waals surface area (Å²) in [6.07, 6.45) is 0. The van der Waals surface area contributed by atoms with Crippen LogP contribution in [0.25, 0.3) is 0 Å². The van der Waals surface area contributed by atoms with Gasteiger partial charge in [-0.1, -0.05) is 11.6 Å². The molecule has 0 aliphatic carbocycles. The first-order valence-corrected chi connectivity index (χ1v) is 6.83. The van der Waals surface area contributed by atoms with E-state index in [1.165, 1.54) is 12.1 Å². The van der Waals surface area contributed by atoms with E-state index in [0.29, 0.717) is 17.3 Å². The minimum absolute atomic E-state index is 0.0384. The van der Waals surface area contributed by atoms with E-state index in [9.17, 15) is 10.2 Å². The van der Waals surface area contributed by atoms with E-state index in [1.54, 1.807) is 36.2 Å². The molecule has 0 heterocycles. The van der Waals surface area contributed by atoms with Gasteiger partial charge in [-0.3, -0.25) is 5.01 Å². The number of aliphatic hydroxyl groups excluding tert-OH is 1. The summed E-state index contributed by atoms with van der Waals surface area (Å²) in [6.45, 7) is 2.09. The molecule has 0 saturated heterocycles. The number of benzene rings is 2. The Bertz CT molecular complexity index is 634. The summed E-state index contributed by atoms with van der Waals surface area (Å²) in [5.41, 5.74) is 5.15. The molecule has 0 fully saturated rings. The standard InChI is InChI=1S/C15H17ClN2O3/c1-10-8-11(2-5-15(10)21)18(17-6-7-19)14-4-3-12(20)9-13(14)16/h2-5,8-9,17,19-21H,6-7H2,1H3. The van der Waals surface area contributed by atoms with Gasteiger partial charge in [0, 0.05) is 12.6 Å². The van der Waals surface area contributed by atoms with Gasteiger partial charge in [-0.2, -0.15) is 0 Å². The molecule has 0 unspecified atom stereocenters. The van der Waals surface area contributed by atoms with E-state index in [-0.39, 0.29) is 18.1 Å². The molecule has 0 radical (unpaired) electrons. The summed E-state index contributed by atoms with van der Waals surface area (Å²) in [5.74, 6) is 0.283. The Hall–Kier alpha value is -1.95. The lowest BCUT2D eigenvalue weighted by molar-refractivity contribution is 0.293. The van der Waals surface area contributed by atoms with Gasteiger partial charge >= 0.3 is 0 Å². The summed E-state index contributed by atoms with van der Waals surface area (Å²) in [5, 5.41) is 30.2. The van der Waals surface area contributed by atoms with Crippen molar-refractivity contribution < 1.29 is 15.3 Å². The Morgan fingerprint density at radius 2 is 1.90 bits per heavy atom. The van der Waals surface area contributed by atoms with Crippen LogP contribution < -0.4 is 10.4 Å². The van der Waals surface area contributed by atoms with E-state index in [2.05, 4.69) is 5.43 Å². The number of hydrogen-bond donors (Lipinski definition) is 4. The first-order chi connectivity index (χ1) is 10.0. The van der Waals surface area contributed by atoms with Crippen LogP contribution in [-0.4, -0.2) is 28.5 Å². The zero-order chi connectivity index (χ0) is 15.4. The Labute approximate surface area is 128 Å². The van der Waals surface area contributed by atoms with Crippen molar-refractivity contribution in [2.24, 2.45) is 0 Å². The molecule has 2 aromatic rings. The van der Waals surface area contributed by atoms with Gasteiger partial charge in [-0.25, -0.2) is 5.43 Å². The highest BCUT2D eigenvalue weighted by Gasteiger charge is 2.14. The van der Waals surface area contributed by atoms with Gasteiger partial charge in [0.05, 0.1) is 23.0 Å². The molecule has 0 saturated carbocycles. The van der Waals surface area contributed by atoms with Crippen molar-refractivity contribution >= 4 is 23.0 Å². The molecule has 0 atom stereocenters. The Morgan fingerprint density at radius 3 is 2.52 bits per heavy atom. The molecular formula is C15H17ClN2O3. The van der Waals surface area contributed by atoms with Gasteiger partial charge in [0.25, 0.3) is 0 Å². The second-order valence-electron chi connectivity index (χ2n) is 4.57. The number of phenols is 2. The fourth-order valence-electron chi connectivity index (χ4n) is 1.93. The molecule has 4 N–H and O–H groups in total. The van der Waals surface area contributed by atoms with E-state index in [0.717, 1.165) is 11.3 Å². The van der Waals surface area contributed by atoms with Crippen molar-refractivity contribution in [1.29, 1.82) is 0 Å². The number of rotatable bonds is 5. The molecule has 112 valence electrons. The summed E-state index contributed by atoms with van der Waals surface area (Å²) in [7, 11) is 0. The number of nitrogens with one attached hydrogen (secondary N) is 1. The smallest absolute Gasteiger partial charge is 0.118 e. The van der Waals surface area contributed by atoms with Crippen LogP contribution in [0.5, 0.6) is 11.5 Å². The van der Waals surface area contributed by atoms with Crippen LogP contribution in [0.15, 0.2) is 36.4 Å². The van der Waals surface area contributed by atoms with Crippen LogP contribution in [0.2, 0.25) is 5.02 Å². The number of halogens is 1. The number of hydrazine groups is 1. The van der Waals surface area contributed by atoms with Gasteiger partial charge in [-0.05, 0) is 42.8 Å². The van der Waals surface area contributed by atoms with E-state index in [1.807, 2.05) is 0 Å². The fraction of sp³-hybridized carbons (Fsp3) is 0.200. The molecule has 2 rings (SSSR count). The van der Waals surface area contributed by atoms with E-state index < -0.39 is 0 Å². The minimum atomic E-state index is -0.0384.